The molecule has 1 rings (SSSR count). The van der Waals surface area contributed by atoms with Crippen LogP contribution >= 0.6 is 24.0 Å². The van der Waals surface area contributed by atoms with E-state index in [2.05, 4.69) is 0 Å². The zero-order valence-corrected chi connectivity index (χ0v) is 8.18. The second kappa shape index (κ2) is 5.62. The lowest BCUT2D eigenvalue weighted by Gasteiger charge is -1.91. The zero-order valence-electron chi connectivity index (χ0n) is 6.61. The number of carboxylic acid groups (broad SMARTS) is 1. The number of rotatable bonds is 2. The summed E-state index contributed by atoms with van der Waals surface area (Å²) in [5.74, 6) is -0.954. The molecule has 0 bridgehead atoms. The van der Waals surface area contributed by atoms with E-state index in [4.69, 9.17) is 16.7 Å². The molecule has 0 amide bonds. The number of aliphatic carboxylic acids is 1. The third-order valence-corrected chi connectivity index (χ3v) is 1.54. The van der Waals surface area contributed by atoms with Crippen LogP contribution in [0.4, 0.5) is 0 Å². The summed E-state index contributed by atoms with van der Waals surface area (Å²) < 4.78 is 0. The number of hydrogen-bond donors (Lipinski definition) is 1. The predicted octanol–water partition coefficient (Wildman–Crippen LogP) is 2.86. The van der Waals surface area contributed by atoms with E-state index in [0.29, 0.717) is 5.02 Å². The van der Waals surface area contributed by atoms with Crippen LogP contribution in [0.3, 0.4) is 0 Å². The monoisotopic (exact) mass is 218 g/mol. The van der Waals surface area contributed by atoms with E-state index in [1.54, 1.807) is 24.3 Å². The maximum absolute atomic E-state index is 10.1. The highest BCUT2D eigenvalue weighted by molar-refractivity contribution is 6.30. The molecule has 0 saturated heterocycles. The van der Waals surface area contributed by atoms with Crippen LogP contribution < -0.4 is 0 Å². The summed E-state index contributed by atoms with van der Waals surface area (Å²) in [6, 6.07) is 6.93. The van der Waals surface area contributed by atoms with Crippen molar-refractivity contribution in [2.45, 2.75) is 0 Å². The fourth-order valence-corrected chi connectivity index (χ4v) is 0.867. The van der Waals surface area contributed by atoms with Crippen LogP contribution in [0, 0.1) is 0 Å². The van der Waals surface area contributed by atoms with Gasteiger partial charge in [-0.05, 0) is 23.8 Å². The second-order valence-corrected chi connectivity index (χ2v) is 2.66. The molecule has 0 atom stereocenters. The minimum Gasteiger partial charge on any atom is -0.478 e. The molecule has 1 N–H and O–H groups in total. The number of hydrogen-bond acceptors (Lipinski definition) is 1. The quantitative estimate of drug-likeness (QED) is 0.776. The summed E-state index contributed by atoms with van der Waals surface area (Å²) in [6.07, 6.45) is 2.60. The molecule has 0 aliphatic heterocycles. The van der Waals surface area contributed by atoms with E-state index in [-0.39, 0.29) is 12.4 Å². The summed E-state index contributed by atoms with van der Waals surface area (Å²) in [4.78, 5) is 10.1. The Kier molecular flexibility index (Phi) is 5.19. The Bertz CT molecular complexity index is 304. The SMILES string of the molecule is Cl.O=C(O)C=Cc1ccc(Cl)cc1. The zero-order chi connectivity index (χ0) is 8.97. The maximum Gasteiger partial charge on any atom is 0.328 e. The smallest absolute Gasteiger partial charge is 0.328 e. The van der Waals surface area contributed by atoms with Crippen molar-refractivity contribution >= 4 is 36.1 Å². The second-order valence-electron chi connectivity index (χ2n) is 2.22. The average Bonchev–Trinajstić information content (AvgIpc) is 2.03. The molecule has 1 aromatic rings. The van der Waals surface area contributed by atoms with Gasteiger partial charge in [-0.2, -0.15) is 0 Å². The highest BCUT2D eigenvalue weighted by atomic mass is 35.5. The van der Waals surface area contributed by atoms with Gasteiger partial charge in [0.05, 0.1) is 0 Å². The summed E-state index contributed by atoms with van der Waals surface area (Å²) in [5.41, 5.74) is 0.821. The van der Waals surface area contributed by atoms with Gasteiger partial charge in [-0.25, -0.2) is 4.79 Å². The number of carboxylic acids is 1. The van der Waals surface area contributed by atoms with Gasteiger partial charge in [0, 0.05) is 11.1 Å². The summed E-state index contributed by atoms with van der Waals surface area (Å²) in [7, 11) is 0. The maximum atomic E-state index is 10.1. The lowest BCUT2D eigenvalue weighted by atomic mass is 10.2. The highest BCUT2D eigenvalue weighted by Crippen LogP contribution is 2.10. The standard InChI is InChI=1S/C9H7ClO2.ClH/c10-8-4-1-7(2-5-8)3-6-9(11)12;/h1-6H,(H,11,12);1H. The van der Waals surface area contributed by atoms with E-state index in [9.17, 15) is 4.79 Å². The fraction of sp³-hybridized carbons (Fsp3) is 0. The third-order valence-electron chi connectivity index (χ3n) is 1.29. The first kappa shape index (κ1) is 12.0. The van der Waals surface area contributed by atoms with E-state index in [1.165, 1.54) is 6.08 Å². The largest absolute Gasteiger partial charge is 0.478 e. The number of halogens is 2. The molecule has 0 aromatic heterocycles. The first-order chi connectivity index (χ1) is 5.68. The Hall–Kier alpha value is -0.990. The van der Waals surface area contributed by atoms with E-state index < -0.39 is 5.97 Å². The molecule has 0 saturated carbocycles. The first-order valence-electron chi connectivity index (χ1n) is 3.35. The molecular formula is C9H8Cl2O2. The van der Waals surface area contributed by atoms with Gasteiger partial charge in [-0.1, -0.05) is 23.7 Å². The van der Waals surface area contributed by atoms with Crippen LogP contribution in [0.1, 0.15) is 5.56 Å². The van der Waals surface area contributed by atoms with Gasteiger partial charge in [0.2, 0.25) is 0 Å². The predicted molar refractivity (Wildman–Crippen MR) is 55.4 cm³/mol. The minimum absolute atomic E-state index is 0. The van der Waals surface area contributed by atoms with E-state index in [0.717, 1.165) is 11.6 Å². The molecule has 0 aliphatic carbocycles. The van der Waals surface area contributed by atoms with E-state index >= 15 is 0 Å². The lowest BCUT2D eigenvalue weighted by Crippen LogP contribution is -1.85. The van der Waals surface area contributed by atoms with Crippen LogP contribution in [0.15, 0.2) is 30.3 Å². The van der Waals surface area contributed by atoms with Crippen molar-refractivity contribution < 1.29 is 9.90 Å². The van der Waals surface area contributed by atoms with Crippen molar-refractivity contribution in [3.63, 3.8) is 0 Å². The van der Waals surface area contributed by atoms with Crippen LogP contribution in [-0.2, 0) is 4.79 Å². The molecule has 0 unspecified atom stereocenters. The van der Waals surface area contributed by atoms with Gasteiger partial charge in [0.1, 0.15) is 0 Å². The Balaban J connectivity index is 0.00000144. The van der Waals surface area contributed by atoms with Gasteiger partial charge < -0.3 is 5.11 Å². The third kappa shape index (κ3) is 4.55. The molecule has 13 heavy (non-hydrogen) atoms. The van der Waals surface area contributed by atoms with Crippen LogP contribution in [-0.4, -0.2) is 11.1 Å². The molecule has 0 spiro atoms. The van der Waals surface area contributed by atoms with Gasteiger partial charge in [-0.3, -0.25) is 0 Å². The van der Waals surface area contributed by atoms with Crippen molar-refractivity contribution in [3.8, 4) is 0 Å². The van der Waals surface area contributed by atoms with Crippen molar-refractivity contribution in [1.82, 2.24) is 0 Å². The van der Waals surface area contributed by atoms with Crippen LogP contribution in [0.5, 0.6) is 0 Å². The minimum atomic E-state index is -0.954. The average molecular weight is 219 g/mol. The molecule has 1 aromatic carbocycles. The molecule has 0 fully saturated rings. The van der Waals surface area contributed by atoms with Crippen molar-refractivity contribution in [3.05, 3.63) is 40.9 Å². The number of carbonyl (C=O) groups is 1. The Morgan fingerprint density at radius 3 is 2.31 bits per heavy atom. The lowest BCUT2D eigenvalue weighted by molar-refractivity contribution is -0.131. The Morgan fingerprint density at radius 1 is 1.31 bits per heavy atom. The molecule has 0 aliphatic rings. The molecule has 70 valence electrons. The highest BCUT2D eigenvalue weighted by Gasteiger charge is 1.89. The fourth-order valence-electron chi connectivity index (χ4n) is 0.741. The Morgan fingerprint density at radius 2 is 1.85 bits per heavy atom. The van der Waals surface area contributed by atoms with Gasteiger partial charge in [-0.15, -0.1) is 12.4 Å². The van der Waals surface area contributed by atoms with Gasteiger partial charge in [0.25, 0.3) is 0 Å². The van der Waals surface area contributed by atoms with Gasteiger partial charge in [0.15, 0.2) is 0 Å². The molecule has 2 nitrogen and oxygen atoms in total. The number of benzene rings is 1. The molecule has 0 radical (unpaired) electrons. The summed E-state index contributed by atoms with van der Waals surface area (Å²) in [5, 5.41) is 8.96. The molecule has 0 heterocycles. The molecule has 4 heteroatoms. The topological polar surface area (TPSA) is 37.3 Å². The van der Waals surface area contributed by atoms with Crippen LogP contribution in [0.2, 0.25) is 5.02 Å². The summed E-state index contributed by atoms with van der Waals surface area (Å²) in [6.45, 7) is 0. The molecular weight excluding hydrogens is 211 g/mol. The normalized spacial score (nSPS) is 9.62. The van der Waals surface area contributed by atoms with Gasteiger partial charge >= 0.3 is 5.97 Å². The van der Waals surface area contributed by atoms with Crippen molar-refractivity contribution in [2.24, 2.45) is 0 Å². The van der Waals surface area contributed by atoms with E-state index in [1.807, 2.05) is 0 Å². The Labute approximate surface area is 87.2 Å². The van der Waals surface area contributed by atoms with Crippen molar-refractivity contribution in [1.29, 1.82) is 0 Å². The van der Waals surface area contributed by atoms with Crippen LogP contribution in [0.25, 0.3) is 6.08 Å². The summed E-state index contributed by atoms with van der Waals surface area (Å²) >= 11 is 5.63. The first-order valence-corrected chi connectivity index (χ1v) is 3.73. The van der Waals surface area contributed by atoms with Crippen molar-refractivity contribution in [2.75, 3.05) is 0 Å².